The molecular formula is C6H13NO2. The highest BCUT2D eigenvalue weighted by atomic mass is 16.4. The van der Waals surface area contributed by atoms with E-state index in [1.807, 2.05) is 0 Å². The first kappa shape index (κ1) is 8.43. The summed E-state index contributed by atoms with van der Waals surface area (Å²) in [6.07, 6.45) is 0.970. The summed E-state index contributed by atoms with van der Waals surface area (Å²) in [6, 6.07) is 0. The molecule has 3 nitrogen and oxygen atoms in total. The Morgan fingerprint density at radius 2 is 1.89 bits per heavy atom. The van der Waals surface area contributed by atoms with Crippen molar-refractivity contribution in [1.29, 1.82) is 0 Å². The predicted octanol–water partition coefficient (Wildman–Crippen LogP) is 0.588. The molecule has 0 saturated carbocycles. The Morgan fingerprint density at radius 1 is 1.56 bits per heavy atom. The summed E-state index contributed by atoms with van der Waals surface area (Å²) in [5.74, 6) is -0.910. The van der Waals surface area contributed by atoms with Crippen LogP contribution < -0.4 is 5.73 Å². The average molecular weight is 131 g/mol. The van der Waals surface area contributed by atoms with Crippen molar-refractivity contribution in [3.63, 3.8) is 0 Å². The molecule has 0 saturated heterocycles. The van der Waals surface area contributed by atoms with E-state index in [-0.39, 0.29) is 0 Å². The third-order valence-electron chi connectivity index (χ3n) is 1.69. The van der Waals surface area contributed by atoms with Crippen LogP contribution in [0, 0.1) is 0 Å². The van der Waals surface area contributed by atoms with Gasteiger partial charge in [0.2, 0.25) is 0 Å². The molecule has 0 bridgehead atoms. The fourth-order valence-electron chi connectivity index (χ4n) is 0.552. The summed E-state index contributed by atoms with van der Waals surface area (Å²) >= 11 is 0. The molecule has 0 aliphatic rings. The lowest BCUT2D eigenvalue weighted by molar-refractivity contribution is -0.143. The van der Waals surface area contributed by atoms with Crippen LogP contribution in [-0.2, 0) is 4.79 Å². The number of carboxylic acids is 1. The molecule has 0 atom stereocenters. The highest BCUT2D eigenvalue weighted by Crippen LogP contribution is 2.09. The molecule has 3 N–H and O–H groups in total. The minimum absolute atomic E-state index is 0.485. The Hall–Kier alpha value is -0.570. The molecule has 0 aliphatic carbocycles. The van der Waals surface area contributed by atoms with Crippen molar-refractivity contribution >= 4 is 5.97 Å². The summed E-state index contributed by atoms with van der Waals surface area (Å²) in [4.78, 5) is 10.4. The maximum atomic E-state index is 10.4. The van der Waals surface area contributed by atoms with Crippen LogP contribution in [0.3, 0.4) is 0 Å². The van der Waals surface area contributed by atoms with E-state index in [0.717, 1.165) is 0 Å². The zero-order chi connectivity index (χ0) is 7.49. The molecule has 0 amide bonds. The molecule has 3 heteroatoms. The van der Waals surface area contributed by atoms with Gasteiger partial charge in [0.1, 0.15) is 5.54 Å². The first-order valence-corrected chi connectivity index (χ1v) is 3.09. The number of aliphatic carboxylic acids is 1. The fraction of sp³-hybridized carbons (Fsp3) is 0.833. The topological polar surface area (TPSA) is 63.3 Å². The lowest BCUT2D eigenvalue weighted by Gasteiger charge is -2.19. The van der Waals surface area contributed by atoms with E-state index in [4.69, 9.17) is 10.8 Å². The van der Waals surface area contributed by atoms with Crippen LogP contribution in [0.4, 0.5) is 0 Å². The zero-order valence-electron chi connectivity index (χ0n) is 5.85. The Bertz CT molecular complexity index is 108. The highest BCUT2D eigenvalue weighted by Gasteiger charge is 2.28. The predicted molar refractivity (Wildman–Crippen MR) is 35.1 cm³/mol. The molecule has 0 aromatic carbocycles. The molecule has 0 aromatic heterocycles. The van der Waals surface area contributed by atoms with Gasteiger partial charge in [-0.25, -0.2) is 0 Å². The quantitative estimate of drug-likeness (QED) is 0.589. The van der Waals surface area contributed by atoms with Gasteiger partial charge in [-0.1, -0.05) is 13.8 Å². The molecule has 0 rings (SSSR count). The van der Waals surface area contributed by atoms with E-state index in [1.165, 1.54) is 0 Å². The van der Waals surface area contributed by atoms with E-state index < -0.39 is 11.5 Å². The number of carbonyl (C=O) groups is 1. The Balaban J connectivity index is 4.09. The van der Waals surface area contributed by atoms with Gasteiger partial charge < -0.3 is 10.8 Å². The van der Waals surface area contributed by atoms with Gasteiger partial charge in [-0.15, -0.1) is 0 Å². The van der Waals surface area contributed by atoms with Gasteiger partial charge in [-0.05, 0) is 12.8 Å². The van der Waals surface area contributed by atoms with Crippen LogP contribution in [0.2, 0.25) is 0 Å². The Morgan fingerprint density at radius 3 is 1.89 bits per heavy atom. The number of hydrogen-bond acceptors (Lipinski definition) is 2. The van der Waals surface area contributed by atoms with Crippen LogP contribution in [0.15, 0.2) is 0 Å². The molecule has 0 radical (unpaired) electrons. The lowest BCUT2D eigenvalue weighted by Crippen LogP contribution is -2.46. The molecule has 0 spiro atoms. The number of nitrogens with two attached hydrogens (primary N) is 1. The molecule has 0 aliphatic heterocycles. The van der Waals surface area contributed by atoms with Gasteiger partial charge in [0.25, 0.3) is 0 Å². The monoisotopic (exact) mass is 131 g/mol. The lowest BCUT2D eigenvalue weighted by atomic mass is 9.95. The van der Waals surface area contributed by atoms with E-state index in [0.29, 0.717) is 12.8 Å². The molecular weight excluding hydrogens is 118 g/mol. The third kappa shape index (κ3) is 1.68. The number of hydrogen-bond donors (Lipinski definition) is 2. The van der Waals surface area contributed by atoms with Crippen molar-refractivity contribution in [3.8, 4) is 0 Å². The van der Waals surface area contributed by atoms with E-state index in [2.05, 4.69) is 0 Å². The molecule has 9 heavy (non-hydrogen) atoms. The Kier molecular flexibility index (Phi) is 2.65. The molecule has 54 valence electrons. The van der Waals surface area contributed by atoms with Crippen molar-refractivity contribution in [1.82, 2.24) is 0 Å². The van der Waals surface area contributed by atoms with E-state index in [1.54, 1.807) is 13.8 Å². The van der Waals surface area contributed by atoms with Crippen LogP contribution in [0.5, 0.6) is 0 Å². The summed E-state index contributed by atoms with van der Waals surface area (Å²) in [7, 11) is 0. The zero-order valence-corrected chi connectivity index (χ0v) is 5.85. The maximum Gasteiger partial charge on any atom is 0.323 e. The summed E-state index contributed by atoms with van der Waals surface area (Å²) in [6.45, 7) is 3.55. The van der Waals surface area contributed by atoms with Gasteiger partial charge in [0.05, 0.1) is 0 Å². The second-order valence-corrected chi connectivity index (χ2v) is 2.17. The SMILES string of the molecule is CCC(N)(CC)C(=O)O. The summed E-state index contributed by atoms with van der Waals surface area (Å²) in [5.41, 5.74) is 4.44. The van der Waals surface area contributed by atoms with Crippen LogP contribution >= 0.6 is 0 Å². The van der Waals surface area contributed by atoms with Crippen LogP contribution in [0.1, 0.15) is 26.7 Å². The summed E-state index contributed by atoms with van der Waals surface area (Å²) in [5, 5.41) is 8.51. The van der Waals surface area contributed by atoms with Gasteiger partial charge >= 0.3 is 5.97 Å². The Labute approximate surface area is 54.9 Å². The standard InChI is InChI=1S/C6H13NO2/c1-3-6(7,4-2)5(8)9/h3-4,7H2,1-2H3,(H,8,9). The second-order valence-electron chi connectivity index (χ2n) is 2.17. The fourth-order valence-corrected chi connectivity index (χ4v) is 0.552. The third-order valence-corrected chi connectivity index (χ3v) is 1.69. The normalized spacial score (nSPS) is 11.4. The maximum absolute atomic E-state index is 10.4. The average Bonchev–Trinajstić information content (AvgIpc) is 1.86. The number of carboxylic acid groups (broad SMARTS) is 1. The van der Waals surface area contributed by atoms with Crippen molar-refractivity contribution in [2.45, 2.75) is 32.2 Å². The van der Waals surface area contributed by atoms with Crippen LogP contribution in [-0.4, -0.2) is 16.6 Å². The van der Waals surface area contributed by atoms with E-state index >= 15 is 0 Å². The molecule has 0 heterocycles. The first-order chi connectivity index (χ1) is 4.06. The van der Waals surface area contributed by atoms with Gasteiger partial charge in [-0.2, -0.15) is 0 Å². The van der Waals surface area contributed by atoms with Crippen molar-refractivity contribution < 1.29 is 9.90 Å². The largest absolute Gasteiger partial charge is 0.480 e. The minimum atomic E-state index is -1.00. The van der Waals surface area contributed by atoms with Gasteiger partial charge in [0, 0.05) is 0 Å². The molecule has 0 aromatic rings. The van der Waals surface area contributed by atoms with Gasteiger partial charge in [-0.3, -0.25) is 4.79 Å². The van der Waals surface area contributed by atoms with Crippen molar-refractivity contribution in [2.24, 2.45) is 5.73 Å². The summed E-state index contributed by atoms with van der Waals surface area (Å²) < 4.78 is 0. The van der Waals surface area contributed by atoms with Crippen molar-refractivity contribution in [2.75, 3.05) is 0 Å². The second kappa shape index (κ2) is 2.82. The van der Waals surface area contributed by atoms with Crippen LogP contribution in [0.25, 0.3) is 0 Å². The smallest absolute Gasteiger partial charge is 0.323 e. The number of rotatable bonds is 3. The van der Waals surface area contributed by atoms with E-state index in [9.17, 15) is 4.79 Å². The molecule has 0 unspecified atom stereocenters. The first-order valence-electron chi connectivity index (χ1n) is 3.09. The molecule has 0 fully saturated rings. The highest BCUT2D eigenvalue weighted by molar-refractivity contribution is 5.78. The minimum Gasteiger partial charge on any atom is -0.480 e. The van der Waals surface area contributed by atoms with Crippen molar-refractivity contribution in [3.05, 3.63) is 0 Å². The van der Waals surface area contributed by atoms with Gasteiger partial charge in [0.15, 0.2) is 0 Å².